The molecule has 0 amide bonds. The van der Waals surface area contributed by atoms with Crippen LogP contribution in [0.4, 0.5) is 22.0 Å². The first-order valence-corrected chi connectivity index (χ1v) is 12.8. The van der Waals surface area contributed by atoms with Gasteiger partial charge in [0, 0.05) is 33.0 Å². The standard InChI is InChI=1S/C9H8ClF3O4S.C8H7ClF2O3S/c1-16-6-3-5(9(11,12)13)8(18(10,14)15)4-7(6)17-2;1-4-6(15(9,12)13)3-5(10)8(14-2)7(4)11/h3-4H,1-2H3;3H,1-2H3. The molecule has 0 saturated carbocycles. The van der Waals surface area contributed by atoms with E-state index in [-0.39, 0.29) is 17.1 Å². The zero-order chi connectivity index (χ0) is 25.9. The highest BCUT2D eigenvalue weighted by Crippen LogP contribution is 2.41. The van der Waals surface area contributed by atoms with Gasteiger partial charge in [0.05, 0.1) is 36.7 Å². The summed E-state index contributed by atoms with van der Waals surface area (Å²) in [5.41, 5.74) is -1.68. The van der Waals surface area contributed by atoms with Crippen LogP contribution in [0.5, 0.6) is 17.2 Å². The van der Waals surface area contributed by atoms with Gasteiger partial charge >= 0.3 is 6.18 Å². The molecular weight excluding hydrogens is 546 g/mol. The number of halogens is 7. The fourth-order valence-electron chi connectivity index (χ4n) is 2.40. The molecule has 2 aromatic carbocycles. The number of rotatable bonds is 5. The highest BCUT2D eigenvalue weighted by Gasteiger charge is 2.38. The SMILES string of the molecule is COc1c(F)cc(S(=O)(=O)Cl)c(C)c1F.COc1cc(C(F)(F)F)c(S(=O)(=O)Cl)cc1OC. The van der Waals surface area contributed by atoms with E-state index < -0.39 is 57.0 Å². The van der Waals surface area contributed by atoms with Crippen LogP contribution in [0.1, 0.15) is 11.1 Å². The molecular formula is C17H15Cl2F5O7S2. The normalized spacial score (nSPS) is 12.0. The summed E-state index contributed by atoms with van der Waals surface area (Å²) in [6.07, 6.45) is -4.88. The Balaban J connectivity index is 0.000000335. The van der Waals surface area contributed by atoms with Gasteiger partial charge in [0.15, 0.2) is 28.9 Å². The Labute approximate surface area is 194 Å². The number of alkyl halides is 3. The minimum Gasteiger partial charge on any atom is -0.493 e. The Morgan fingerprint density at radius 3 is 1.61 bits per heavy atom. The molecule has 0 bridgehead atoms. The predicted octanol–water partition coefficient (Wildman–Crippen LogP) is 4.86. The van der Waals surface area contributed by atoms with Crippen molar-refractivity contribution in [1.29, 1.82) is 0 Å². The van der Waals surface area contributed by atoms with Gasteiger partial charge < -0.3 is 14.2 Å². The zero-order valence-corrected chi connectivity index (χ0v) is 20.2. The molecule has 0 unspecified atom stereocenters. The second-order valence-corrected chi connectivity index (χ2v) is 11.0. The van der Waals surface area contributed by atoms with Gasteiger partial charge in [-0.05, 0) is 19.1 Å². The Kier molecular flexibility index (Phi) is 9.22. The van der Waals surface area contributed by atoms with Crippen molar-refractivity contribution in [2.24, 2.45) is 0 Å². The Morgan fingerprint density at radius 2 is 1.24 bits per heavy atom. The van der Waals surface area contributed by atoms with E-state index in [4.69, 9.17) is 26.1 Å². The number of hydrogen-bond acceptors (Lipinski definition) is 7. The van der Waals surface area contributed by atoms with E-state index in [2.05, 4.69) is 9.47 Å². The van der Waals surface area contributed by atoms with Crippen LogP contribution in [0.15, 0.2) is 28.0 Å². The maximum Gasteiger partial charge on any atom is 0.417 e. The third-order valence-electron chi connectivity index (χ3n) is 3.89. The second-order valence-electron chi connectivity index (χ2n) is 5.91. The summed E-state index contributed by atoms with van der Waals surface area (Å²) in [6.45, 7) is 1.17. The summed E-state index contributed by atoms with van der Waals surface area (Å²) >= 11 is 0. The fourth-order valence-corrected chi connectivity index (χ4v) is 4.64. The summed E-state index contributed by atoms with van der Waals surface area (Å²) in [5.74, 6) is -3.22. The molecule has 0 radical (unpaired) electrons. The van der Waals surface area contributed by atoms with Gasteiger partial charge in [0.1, 0.15) is 0 Å². The molecule has 2 aromatic rings. The van der Waals surface area contributed by atoms with Crippen LogP contribution in [0.3, 0.4) is 0 Å². The molecule has 2 rings (SSSR count). The molecule has 16 heteroatoms. The molecule has 0 saturated heterocycles. The van der Waals surface area contributed by atoms with E-state index in [1.54, 1.807) is 0 Å². The van der Waals surface area contributed by atoms with Gasteiger partial charge in [-0.3, -0.25) is 0 Å². The monoisotopic (exact) mass is 560 g/mol. The molecule has 0 heterocycles. The lowest BCUT2D eigenvalue weighted by atomic mass is 10.2. The lowest BCUT2D eigenvalue weighted by Crippen LogP contribution is -2.11. The minimum atomic E-state index is -4.88. The number of benzene rings is 2. The van der Waals surface area contributed by atoms with E-state index in [9.17, 15) is 38.8 Å². The fraction of sp³-hybridized carbons (Fsp3) is 0.294. The molecule has 0 fully saturated rings. The van der Waals surface area contributed by atoms with Crippen molar-refractivity contribution >= 4 is 39.5 Å². The van der Waals surface area contributed by atoms with Gasteiger partial charge in [-0.25, -0.2) is 25.6 Å². The summed E-state index contributed by atoms with van der Waals surface area (Å²) in [4.78, 5) is -1.67. The van der Waals surface area contributed by atoms with Crippen LogP contribution in [-0.4, -0.2) is 38.2 Å². The van der Waals surface area contributed by atoms with Crippen LogP contribution >= 0.6 is 21.4 Å². The predicted molar refractivity (Wildman–Crippen MR) is 108 cm³/mol. The van der Waals surface area contributed by atoms with Crippen LogP contribution in [-0.2, 0) is 24.3 Å². The minimum absolute atomic E-state index is 0.162. The van der Waals surface area contributed by atoms with Gasteiger partial charge in [-0.15, -0.1) is 0 Å². The molecule has 0 aliphatic rings. The molecule has 0 aliphatic carbocycles. The number of ether oxygens (including phenoxy) is 3. The van der Waals surface area contributed by atoms with E-state index in [0.717, 1.165) is 21.3 Å². The average Bonchev–Trinajstić information content (AvgIpc) is 2.68. The van der Waals surface area contributed by atoms with Crippen molar-refractivity contribution in [3.8, 4) is 17.2 Å². The van der Waals surface area contributed by atoms with E-state index in [1.807, 2.05) is 0 Å². The summed E-state index contributed by atoms with van der Waals surface area (Å²) in [7, 11) is 4.62. The number of methoxy groups -OCH3 is 3. The molecule has 7 nitrogen and oxygen atoms in total. The highest BCUT2D eigenvalue weighted by atomic mass is 35.7. The summed E-state index contributed by atoms with van der Waals surface area (Å²) < 4.78 is 123. The highest BCUT2D eigenvalue weighted by molar-refractivity contribution is 8.14. The molecule has 0 aromatic heterocycles. The van der Waals surface area contributed by atoms with Crippen LogP contribution < -0.4 is 14.2 Å². The second kappa shape index (κ2) is 10.5. The Hall–Kier alpha value is -2.03. The first kappa shape index (κ1) is 29.0. The maximum absolute atomic E-state index is 13.4. The van der Waals surface area contributed by atoms with E-state index in [1.165, 1.54) is 6.92 Å². The summed E-state index contributed by atoms with van der Waals surface area (Å²) in [6, 6.07) is 1.82. The van der Waals surface area contributed by atoms with Crippen molar-refractivity contribution in [2.45, 2.75) is 22.9 Å². The third-order valence-corrected chi connectivity index (χ3v) is 6.70. The van der Waals surface area contributed by atoms with Crippen molar-refractivity contribution in [1.82, 2.24) is 0 Å². The van der Waals surface area contributed by atoms with Crippen LogP contribution in [0, 0.1) is 18.6 Å². The first-order valence-electron chi connectivity index (χ1n) is 8.15. The largest absolute Gasteiger partial charge is 0.493 e. The molecule has 0 spiro atoms. The van der Waals surface area contributed by atoms with Crippen molar-refractivity contribution in [3.05, 3.63) is 41.0 Å². The Morgan fingerprint density at radius 1 is 0.788 bits per heavy atom. The molecule has 186 valence electrons. The topological polar surface area (TPSA) is 96.0 Å². The molecule has 0 N–H and O–H groups in total. The van der Waals surface area contributed by atoms with Crippen molar-refractivity contribution in [3.63, 3.8) is 0 Å². The van der Waals surface area contributed by atoms with Crippen LogP contribution in [0.25, 0.3) is 0 Å². The zero-order valence-electron chi connectivity index (χ0n) is 17.1. The number of hydrogen-bond donors (Lipinski definition) is 0. The van der Waals surface area contributed by atoms with Gasteiger partial charge in [-0.1, -0.05) is 0 Å². The lowest BCUT2D eigenvalue weighted by Gasteiger charge is -2.15. The molecule has 33 heavy (non-hydrogen) atoms. The van der Waals surface area contributed by atoms with E-state index in [0.29, 0.717) is 18.2 Å². The first-order chi connectivity index (χ1) is 14.9. The smallest absolute Gasteiger partial charge is 0.417 e. The lowest BCUT2D eigenvalue weighted by molar-refractivity contribution is -0.140. The van der Waals surface area contributed by atoms with Gasteiger partial charge in [0.25, 0.3) is 18.1 Å². The van der Waals surface area contributed by atoms with Crippen LogP contribution in [0.2, 0.25) is 0 Å². The van der Waals surface area contributed by atoms with Crippen molar-refractivity contribution < 1.29 is 53.0 Å². The van der Waals surface area contributed by atoms with E-state index >= 15 is 0 Å². The average molecular weight is 561 g/mol. The molecule has 0 atom stereocenters. The Bertz CT molecular complexity index is 1250. The maximum atomic E-state index is 13.4. The van der Waals surface area contributed by atoms with Gasteiger partial charge in [-0.2, -0.15) is 13.2 Å². The third kappa shape index (κ3) is 6.98. The quantitative estimate of drug-likeness (QED) is 0.380. The summed E-state index contributed by atoms with van der Waals surface area (Å²) in [5, 5.41) is 0. The van der Waals surface area contributed by atoms with Crippen molar-refractivity contribution in [2.75, 3.05) is 21.3 Å². The van der Waals surface area contributed by atoms with Gasteiger partial charge in [0.2, 0.25) is 0 Å². The molecule has 0 aliphatic heterocycles.